The summed E-state index contributed by atoms with van der Waals surface area (Å²) in [5.41, 5.74) is -2.02. The molecule has 4 N–H and O–H groups in total. The van der Waals surface area contributed by atoms with Gasteiger partial charge in [0, 0.05) is 17.9 Å². The first-order valence-electron chi connectivity index (χ1n) is 9.37. The van der Waals surface area contributed by atoms with Gasteiger partial charge in [0.05, 0.1) is 17.8 Å². The van der Waals surface area contributed by atoms with E-state index in [1.54, 1.807) is 0 Å². The Kier molecular flexibility index (Phi) is 4.24. The second kappa shape index (κ2) is 5.54. The van der Waals surface area contributed by atoms with E-state index in [1.807, 2.05) is 13.0 Å². The highest BCUT2D eigenvalue weighted by atomic mass is 16.3. The number of rotatable bonds is 2. The van der Waals surface area contributed by atoms with Crippen molar-refractivity contribution in [3.05, 3.63) is 12.7 Å². The molecule has 3 aliphatic carbocycles. The van der Waals surface area contributed by atoms with Crippen LogP contribution in [0.5, 0.6) is 0 Å². The van der Waals surface area contributed by atoms with Crippen LogP contribution in [0.3, 0.4) is 0 Å². The number of aliphatic hydroxyl groups excluding tert-OH is 3. The molecule has 0 aromatic carbocycles. The van der Waals surface area contributed by atoms with Crippen LogP contribution in [0.25, 0.3) is 0 Å². The first kappa shape index (κ1) is 18.4. The number of hydrogen-bond acceptors (Lipinski definition) is 4. The summed E-state index contributed by atoms with van der Waals surface area (Å²) in [5.74, 6) is -0.202. The van der Waals surface area contributed by atoms with Gasteiger partial charge >= 0.3 is 0 Å². The van der Waals surface area contributed by atoms with E-state index in [1.165, 1.54) is 0 Å². The Morgan fingerprint density at radius 1 is 1.08 bits per heavy atom. The van der Waals surface area contributed by atoms with Crippen LogP contribution in [-0.4, -0.2) is 44.8 Å². The molecule has 4 nitrogen and oxygen atoms in total. The van der Waals surface area contributed by atoms with E-state index in [0.717, 1.165) is 12.8 Å². The number of allylic oxidation sites excluding steroid dienone is 1. The van der Waals surface area contributed by atoms with E-state index in [9.17, 15) is 20.4 Å². The smallest absolute Gasteiger partial charge is 0.0758 e. The van der Waals surface area contributed by atoms with Crippen LogP contribution in [-0.2, 0) is 0 Å². The summed E-state index contributed by atoms with van der Waals surface area (Å²) in [6, 6.07) is 0. The van der Waals surface area contributed by atoms with Crippen LogP contribution in [0.15, 0.2) is 12.7 Å². The minimum Gasteiger partial charge on any atom is -0.396 e. The van der Waals surface area contributed by atoms with Gasteiger partial charge in [-0.2, -0.15) is 0 Å². The molecule has 0 aromatic rings. The summed E-state index contributed by atoms with van der Waals surface area (Å²) >= 11 is 0. The molecule has 8 atom stereocenters. The first-order chi connectivity index (χ1) is 11.0. The van der Waals surface area contributed by atoms with Gasteiger partial charge in [-0.1, -0.05) is 26.8 Å². The summed E-state index contributed by atoms with van der Waals surface area (Å²) in [7, 11) is 0. The summed E-state index contributed by atoms with van der Waals surface area (Å²) < 4.78 is 0. The van der Waals surface area contributed by atoms with Crippen molar-refractivity contribution in [1.29, 1.82) is 0 Å². The highest BCUT2D eigenvalue weighted by Gasteiger charge is 2.68. The topological polar surface area (TPSA) is 80.9 Å². The van der Waals surface area contributed by atoms with Gasteiger partial charge in [-0.15, -0.1) is 6.58 Å². The van der Waals surface area contributed by atoms with Crippen molar-refractivity contribution in [1.82, 2.24) is 0 Å². The fourth-order valence-corrected chi connectivity index (χ4v) is 6.54. The van der Waals surface area contributed by atoms with Gasteiger partial charge in [0.2, 0.25) is 0 Å². The molecular formula is C20H34O4. The van der Waals surface area contributed by atoms with Crippen LogP contribution < -0.4 is 0 Å². The summed E-state index contributed by atoms with van der Waals surface area (Å²) in [6.45, 7) is 10.1. The molecule has 4 heteroatoms. The molecular weight excluding hydrogens is 304 g/mol. The van der Waals surface area contributed by atoms with E-state index >= 15 is 0 Å². The van der Waals surface area contributed by atoms with Gasteiger partial charge in [0.25, 0.3) is 0 Å². The van der Waals surface area contributed by atoms with Crippen molar-refractivity contribution >= 4 is 0 Å². The third kappa shape index (κ3) is 2.33. The lowest BCUT2D eigenvalue weighted by Gasteiger charge is -2.67. The molecule has 3 rings (SSSR count). The molecule has 0 unspecified atom stereocenters. The lowest BCUT2D eigenvalue weighted by molar-refractivity contribution is -0.277. The van der Waals surface area contributed by atoms with E-state index in [0.29, 0.717) is 25.7 Å². The van der Waals surface area contributed by atoms with E-state index in [2.05, 4.69) is 20.4 Å². The molecule has 0 aromatic heterocycles. The summed E-state index contributed by atoms with van der Waals surface area (Å²) in [4.78, 5) is 0. The van der Waals surface area contributed by atoms with Crippen molar-refractivity contribution in [2.45, 2.75) is 77.1 Å². The maximum atomic E-state index is 11.8. The summed E-state index contributed by atoms with van der Waals surface area (Å²) in [6.07, 6.45) is 4.69. The van der Waals surface area contributed by atoms with Crippen LogP contribution in [0, 0.1) is 28.1 Å². The van der Waals surface area contributed by atoms with Crippen LogP contribution >= 0.6 is 0 Å². The Morgan fingerprint density at radius 2 is 1.75 bits per heavy atom. The zero-order valence-corrected chi connectivity index (χ0v) is 15.3. The summed E-state index contributed by atoms with van der Waals surface area (Å²) in [5, 5.41) is 43.2. The SMILES string of the molecule is C=C[C@@]1(C)CC[C@]2(O)[C@H](C1)[C@H](O)C[C@@H]1[C@](C)(CO)C[C@H](O)C[C@]12C. The van der Waals surface area contributed by atoms with Crippen LogP contribution in [0.1, 0.15) is 59.3 Å². The first-order valence-corrected chi connectivity index (χ1v) is 9.37. The molecule has 0 radical (unpaired) electrons. The fraction of sp³-hybridized carbons (Fsp3) is 0.900. The highest BCUT2D eigenvalue weighted by Crippen LogP contribution is 2.66. The molecule has 0 spiro atoms. The minimum atomic E-state index is -1.00. The average Bonchev–Trinajstić information content (AvgIpc) is 2.52. The second-order valence-electron chi connectivity index (χ2n) is 9.74. The van der Waals surface area contributed by atoms with Crippen molar-refractivity contribution in [3.8, 4) is 0 Å². The van der Waals surface area contributed by atoms with Crippen LogP contribution in [0.2, 0.25) is 0 Å². The maximum absolute atomic E-state index is 11.8. The van der Waals surface area contributed by atoms with Crippen molar-refractivity contribution in [2.24, 2.45) is 28.1 Å². The third-order valence-electron chi connectivity index (χ3n) is 8.13. The Morgan fingerprint density at radius 3 is 2.33 bits per heavy atom. The second-order valence-corrected chi connectivity index (χ2v) is 9.74. The molecule has 3 fully saturated rings. The normalized spacial score (nSPS) is 57.8. The Labute approximate surface area is 145 Å². The predicted molar refractivity (Wildman–Crippen MR) is 93.2 cm³/mol. The van der Waals surface area contributed by atoms with Gasteiger partial charge < -0.3 is 20.4 Å². The zero-order valence-electron chi connectivity index (χ0n) is 15.3. The number of aliphatic hydroxyl groups is 4. The van der Waals surface area contributed by atoms with Gasteiger partial charge in [-0.05, 0) is 55.3 Å². The monoisotopic (exact) mass is 338 g/mol. The largest absolute Gasteiger partial charge is 0.396 e. The maximum Gasteiger partial charge on any atom is 0.0758 e. The van der Waals surface area contributed by atoms with Crippen molar-refractivity contribution < 1.29 is 20.4 Å². The molecule has 0 saturated heterocycles. The molecule has 0 amide bonds. The zero-order chi connectivity index (χ0) is 18.0. The van der Waals surface area contributed by atoms with Gasteiger partial charge in [-0.25, -0.2) is 0 Å². The van der Waals surface area contributed by atoms with E-state index in [-0.39, 0.29) is 23.9 Å². The molecule has 24 heavy (non-hydrogen) atoms. The standard InChI is InChI=1S/C20H34O4/c1-5-17(2)6-7-20(24)14(11-17)15(23)8-16-18(3,12-21)9-13(22)10-19(16,20)4/h5,13-16,21-24H,1,6-12H2,2-4H3/t13-,14+,15+,16+,17-,18-,19+,20-/m0/s1. The van der Waals surface area contributed by atoms with Crippen molar-refractivity contribution in [2.75, 3.05) is 6.61 Å². The average molecular weight is 338 g/mol. The van der Waals surface area contributed by atoms with E-state index in [4.69, 9.17) is 0 Å². The molecule has 0 aliphatic heterocycles. The minimum absolute atomic E-state index is 0.00253. The molecule has 0 heterocycles. The quantitative estimate of drug-likeness (QED) is 0.582. The Bertz CT molecular complexity index is 522. The van der Waals surface area contributed by atoms with Crippen LogP contribution in [0.4, 0.5) is 0 Å². The molecule has 3 saturated carbocycles. The van der Waals surface area contributed by atoms with Gasteiger partial charge in [0.15, 0.2) is 0 Å². The number of hydrogen-bond donors (Lipinski definition) is 4. The van der Waals surface area contributed by atoms with Gasteiger partial charge in [-0.3, -0.25) is 0 Å². The lowest BCUT2D eigenvalue weighted by atomic mass is 9.40. The molecule has 3 aliphatic rings. The Hall–Kier alpha value is -0.420. The van der Waals surface area contributed by atoms with E-state index < -0.39 is 28.6 Å². The van der Waals surface area contributed by atoms with Gasteiger partial charge in [0.1, 0.15) is 0 Å². The molecule has 138 valence electrons. The van der Waals surface area contributed by atoms with Crippen molar-refractivity contribution in [3.63, 3.8) is 0 Å². The number of fused-ring (bicyclic) bond motifs is 3. The molecule has 0 bridgehead atoms. The predicted octanol–water partition coefficient (Wildman–Crippen LogP) is 2.25. The fourth-order valence-electron chi connectivity index (χ4n) is 6.54. The Balaban J connectivity index is 2.05. The highest BCUT2D eigenvalue weighted by molar-refractivity contribution is 5.19. The lowest BCUT2D eigenvalue weighted by Crippen LogP contribution is -2.70. The third-order valence-corrected chi connectivity index (χ3v) is 8.13.